The van der Waals surface area contributed by atoms with Gasteiger partial charge in [0.1, 0.15) is 28.4 Å². The summed E-state index contributed by atoms with van der Waals surface area (Å²) in [7, 11) is 1.60. The normalized spacial score (nSPS) is 19.6. The number of methoxy groups -OCH3 is 1. The fourth-order valence-corrected chi connectivity index (χ4v) is 5.52. The number of hydrogen-bond donors (Lipinski definition) is 1. The highest BCUT2D eigenvalue weighted by atomic mass is 19.1. The fraction of sp³-hybridized carbons (Fsp3) is 0.571. The number of imidazole rings is 1. The summed E-state index contributed by atoms with van der Waals surface area (Å²) in [5.74, 6) is -0.861. The molecular formula is C28H36F2N6O3. The van der Waals surface area contributed by atoms with Crippen LogP contribution in [-0.2, 0) is 4.74 Å². The third kappa shape index (κ3) is 5.62. The Labute approximate surface area is 226 Å². The smallest absolute Gasteiger partial charge is 0.410 e. The third-order valence-corrected chi connectivity index (χ3v) is 7.28. The molecular weight excluding hydrogens is 506 g/mol. The number of amides is 1. The molecule has 1 atom stereocenters. The SMILES string of the molecule is COc1cc2ncc(-c3nc(N[C@@H]4CCCN(C(=O)OC(C)(C)C)C4)c(F)cc3F)n2nc1C1CC(C)(C)C1. The molecule has 2 fully saturated rings. The summed E-state index contributed by atoms with van der Waals surface area (Å²) < 4.78 is 42.6. The number of carbonyl (C=O) groups excluding carboxylic acids is 1. The number of aromatic nitrogens is 4. The predicted molar refractivity (Wildman–Crippen MR) is 143 cm³/mol. The first-order chi connectivity index (χ1) is 18.3. The van der Waals surface area contributed by atoms with Crippen molar-refractivity contribution in [3.8, 4) is 17.1 Å². The van der Waals surface area contributed by atoms with E-state index in [9.17, 15) is 9.18 Å². The van der Waals surface area contributed by atoms with Crippen LogP contribution < -0.4 is 10.1 Å². The molecule has 5 rings (SSSR count). The van der Waals surface area contributed by atoms with Crippen LogP contribution in [0.3, 0.4) is 0 Å². The van der Waals surface area contributed by atoms with Gasteiger partial charge in [-0.3, -0.25) is 0 Å². The van der Waals surface area contributed by atoms with E-state index in [2.05, 4.69) is 29.1 Å². The van der Waals surface area contributed by atoms with Crippen molar-refractivity contribution in [3.63, 3.8) is 0 Å². The third-order valence-electron chi connectivity index (χ3n) is 7.28. The standard InChI is InChI=1S/C28H36F2N6O3/c1-27(2,3)39-26(37)35-9-7-8-17(15-35)32-25-19(30)10-18(29)24(33-25)20-14-31-22-11-21(38-6)23(34-36(20)22)16-12-28(4,5)13-16/h10-11,14,16-17H,7-9,12-13,15H2,1-6H3,(H,32,33)/t17-/m1/s1. The number of piperidine rings is 1. The fourth-order valence-electron chi connectivity index (χ4n) is 5.52. The number of pyridine rings is 1. The summed E-state index contributed by atoms with van der Waals surface area (Å²) in [5, 5.41) is 7.86. The first-order valence-electron chi connectivity index (χ1n) is 13.4. The van der Waals surface area contributed by atoms with Gasteiger partial charge in [0.15, 0.2) is 23.1 Å². The summed E-state index contributed by atoms with van der Waals surface area (Å²) in [4.78, 5) is 22.9. The van der Waals surface area contributed by atoms with Crippen LogP contribution >= 0.6 is 0 Å². The van der Waals surface area contributed by atoms with E-state index in [1.807, 2.05) is 20.8 Å². The minimum Gasteiger partial charge on any atom is -0.495 e. The molecule has 0 bridgehead atoms. The molecule has 3 aromatic rings. The highest BCUT2D eigenvalue weighted by molar-refractivity contribution is 5.68. The molecule has 0 radical (unpaired) electrons. The highest BCUT2D eigenvalue weighted by Crippen LogP contribution is 2.51. The molecule has 1 saturated carbocycles. The number of fused-ring (bicyclic) bond motifs is 1. The van der Waals surface area contributed by atoms with Gasteiger partial charge in [0.05, 0.1) is 13.3 Å². The molecule has 1 amide bonds. The van der Waals surface area contributed by atoms with Gasteiger partial charge in [-0.05, 0) is 51.9 Å². The maximum atomic E-state index is 15.1. The number of anilines is 1. The van der Waals surface area contributed by atoms with Crippen LogP contribution in [0.15, 0.2) is 18.3 Å². The monoisotopic (exact) mass is 542 g/mol. The van der Waals surface area contributed by atoms with E-state index >= 15 is 4.39 Å². The molecule has 9 nitrogen and oxygen atoms in total. The summed E-state index contributed by atoms with van der Waals surface area (Å²) in [5.41, 5.74) is 1.12. The average Bonchev–Trinajstić information content (AvgIpc) is 3.25. The van der Waals surface area contributed by atoms with E-state index < -0.39 is 23.3 Å². The van der Waals surface area contributed by atoms with Crippen molar-refractivity contribution in [1.82, 2.24) is 24.5 Å². The minimum atomic E-state index is -0.817. The number of nitrogens with one attached hydrogen (secondary N) is 1. The lowest BCUT2D eigenvalue weighted by molar-refractivity contribution is 0.0206. The van der Waals surface area contributed by atoms with E-state index in [4.69, 9.17) is 14.6 Å². The molecule has 39 heavy (non-hydrogen) atoms. The molecule has 1 aliphatic heterocycles. The van der Waals surface area contributed by atoms with Crippen LogP contribution in [0.4, 0.5) is 19.4 Å². The topological polar surface area (TPSA) is 93.9 Å². The first-order valence-corrected chi connectivity index (χ1v) is 13.4. The number of halogens is 2. The Morgan fingerprint density at radius 3 is 2.59 bits per heavy atom. The van der Waals surface area contributed by atoms with Crippen molar-refractivity contribution in [2.75, 3.05) is 25.5 Å². The molecule has 2 aliphatic rings. The number of ether oxygens (including phenoxy) is 2. The summed E-state index contributed by atoms with van der Waals surface area (Å²) in [6.45, 7) is 10.7. The zero-order valence-corrected chi connectivity index (χ0v) is 23.3. The maximum Gasteiger partial charge on any atom is 0.410 e. The predicted octanol–water partition coefficient (Wildman–Crippen LogP) is 5.79. The van der Waals surface area contributed by atoms with E-state index in [0.29, 0.717) is 43.0 Å². The molecule has 1 N–H and O–H groups in total. The minimum absolute atomic E-state index is 0.0660. The van der Waals surface area contributed by atoms with Crippen LogP contribution in [0.25, 0.3) is 17.0 Å². The molecule has 1 saturated heterocycles. The molecule has 11 heteroatoms. The van der Waals surface area contributed by atoms with Gasteiger partial charge >= 0.3 is 6.09 Å². The van der Waals surface area contributed by atoms with Crippen LogP contribution in [0, 0.1) is 17.0 Å². The van der Waals surface area contributed by atoms with E-state index in [-0.39, 0.29) is 28.9 Å². The summed E-state index contributed by atoms with van der Waals surface area (Å²) in [6, 6.07) is 2.33. The van der Waals surface area contributed by atoms with Crippen LogP contribution in [-0.4, -0.2) is 62.4 Å². The molecule has 0 unspecified atom stereocenters. The largest absolute Gasteiger partial charge is 0.495 e. The molecule has 3 aromatic heterocycles. The zero-order valence-electron chi connectivity index (χ0n) is 23.3. The quantitative estimate of drug-likeness (QED) is 0.436. The van der Waals surface area contributed by atoms with Gasteiger partial charge in [-0.15, -0.1) is 0 Å². The average molecular weight is 543 g/mol. The van der Waals surface area contributed by atoms with Crippen molar-refractivity contribution in [3.05, 3.63) is 35.7 Å². The maximum absolute atomic E-state index is 15.1. The Hall–Kier alpha value is -3.50. The van der Waals surface area contributed by atoms with E-state index in [1.165, 1.54) is 6.20 Å². The van der Waals surface area contributed by atoms with Gasteiger partial charge in [0.25, 0.3) is 0 Å². The lowest BCUT2D eigenvalue weighted by atomic mass is 9.63. The number of hydrogen-bond acceptors (Lipinski definition) is 7. The summed E-state index contributed by atoms with van der Waals surface area (Å²) >= 11 is 0. The molecule has 4 heterocycles. The highest BCUT2D eigenvalue weighted by Gasteiger charge is 2.39. The number of likely N-dealkylation sites (tertiary alicyclic amines) is 1. The second-order valence-electron chi connectivity index (χ2n) is 12.3. The van der Waals surface area contributed by atoms with Gasteiger partial charge in [0, 0.05) is 37.2 Å². The van der Waals surface area contributed by atoms with Gasteiger partial charge in [-0.1, -0.05) is 13.8 Å². The molecule has 0 aromatic carbocycles. The Morgan fingerprint density at radius 1 is 1.18 bits per heavy atom. The van der Waals surface area contributed by atoms with E-state index in [0.717, 1.165) is 24.6 Å². The molecule has 0 spiro atoms. The van der Waals surface area contributed by atoms with Gasteiger partial charge in [0.2, 0.25) is 0 Å². The van der Waals surface area contributed by atoms with Crippen LogP contribution in [0.2, 0.25) is 0 Å². The lowest BCUT2D eigenvalue weighted by Crippen LogP contribution is -2.47. The first kappa shape index (κ1) is 27.1. The van der Waals surface area contributed by atoms with Crippen molar-refractivity contribution < 1.29 is 23.0 Å². The molecule has 1 aliphatic carbocycles. The lowest BCUT2D eigenvalue weighted by Gasteiger charge is -2.42. The van der Waals surface area contributed by atoms with Crippen LogP contribution in [0.5, 0.6) is 5.75 Å². The molecule has 210 valence electrons. The number of rotatable bonds is 5. The number of nitrogens with zero attached hydrogens (tertiary/aromatic N) is 5. The second kappa shape index (κ2) is 9.91. The van der Waals surface area contributed by atoms with Crippen molar-refractivity contribution in [2.24, 2.45) is 5.41 Å². The van der Waals surface area contributed by atoms with E-state index in [1.54, 1.807) is 22.6 Å². The van der Waals surface area contributed by atoms with Crippen molar-refractivity contribution >= 4 is 17.6 Å². The van der Waals surface area contributed by atoms with Crippen molar-refractivity contribution in [1.29, 1.82) is 0 Å². The zero-order chi connectivity index (χ0) is 28.1. The Bertz CT molecular complexity index is 1390. The Kier molecular flexibility index (Phi) is 6.88. The Balaban J connectivity index is 1.43. The second-order valence-corrected chi connectivity index (χ2v) is 12.3. The van der Waals surface area contributed by atoms with Crippen molar-refractivity contribution in [2.45, 2.75) is 77.9 Å². The number of carbonyl (C=O) groups is 1. The van der Waals surface area contributed by atoms with Gasteiger partial charge in [-0.25, -0.2) is 28.1 Å². The van der Waals surface area contributed by atoms with Gasteiger partial charge < -0.3 is 19.7 Å². The Morgan fingerprint density at radius 2 is 1.92 bits per heavy atom. The van der Waals surface area contributed by atoms with Crippen LogP contribution in [0.1, 0.15) is 71.9 Å². The summed E-state index contributed by atoms with van der Waals surface area (Å²) in [6.07, 6.45) is 4.40. The van der Waals surface area contributed by atoms with Gasteiger partial charge in [-0.2, -0.15) is 5.10 Å².